The lowest BCUT2D eigenvalue weighted by Gasteiger charge is -2.31. The van der Waals surface area contributed by atoms with E-state index in [1.165, 1.54) is 5.56 Å². The molecule has 0 saturated carbocycles. The van der Waals surface area contributed by atoms with E-state index in [1.54, 1.807) is 0 Å². The van der Waals surface area contributed by atoms with Gasteiger partial charge in [0.2, 0.25) is 0 Å². The number of fused-ring (bicyclic) bond motifs is 3. The molecule has 1 N–H and O–H groups in total. The molecule has 2 aromatic carbocycles. The number of urea groups is 1. The van der Waals surface area contributed by atoms with Crippen molar-refractivity contribution < 1.29 is 4.79 Å². The van der Waals surface area contributed by atoms with Crippen LogP contribution in [-0.4, -0.2) is 31.3 Å². The van der Waals surface area contributed by atoms with Crippen LogP contribution >= 0.6 is 0 Å². The zero-order chi connectivity index (χ0) is 23.8. The van der Waals surface area contributed by atoms with Crippen molar-refractivity contribution in [3.63, 3.8) is 0 Å². The molecule has 174 valence electrons. The third-order valence-corrected chi connectivity index (χ3v) is 6.37. The lowest BCUT2D eigenvalue weighted by molar-refractivity contribution is 0.178. The molecule has 2 amide bonds. The highest BCUT2D eigenvalue weighted by atomic mass is 16.2. The number of aryl methyl sites for hydroxylation is 2. The van der Waals surface area contributed by atoms with Gasteiger partial charge in [0.1, 0.15) is 5.82 Å². The number of para-hydroxylation sites is 1. The van der Waals surface area contributed by atoms with Crippen LogP contribution < -0.4 is 5.32 Å². The van der Waals surface area contributed by atoms with Crippen LogP contribution in [0.15, 0.2) is 72.9 Å². The average Bonchev–Trinajstić information content (AvgIpc) is 3.41. The van der Waals surface area contributed by atoms with Gasteiger partial charge in [-0.1, -0.05) is 55.0 Å². The van der Waals surface area contributed by atoms with Crippen LogP contribution in [0.3, 0.4) is 0 Å². The van der Waals surface area contributed by atoms with Gasteiger partial charge >= 0.3 is 6.03 Å². The van der Waals surface area contributed by atoms with Crippen molar-refractivity contribution in [3.05, 3.63) is 101 Å². The minimum Gasteiger partial charge on any atom is -0.336 e. The molecule has 0 saturated heterocycles. The number of nitrogens with zero attached hydrogens (tertiary/aromatic N) is 4. The summed E-state index contributed by atoms with van der Waals surface area (Å²) in [4.78, 5) is 15.6. The Morgan fingerprint density at radius 2 is 1.79 bits per heavy atom. The van der Waals surface area contributed by atoms with Crippen molar-refractivity contribution in [2.24, 2.45) is 0 Å². The highest BCUT2D eigenvalue weighted by Crippen LogP contribution is 2.38. The number of amides is 2. The van der Waals surface area contributed by atoms with Gasteiger partial charge in [-0.3, -0.25) is 0 Å². The number of hydrogen-bond donors (Lipinski definition) is 1. The molecule has 0 spiro atoms. The van der Waals surface area contributed by atoms with Gasteiger partial charge in [-0.15, -0.1) is 0 Å². The van der Waals surface area contributed by atoms with Gasteiger partial charge in [0.25, 0.3) is 0 Å². The Hall–Kier alpha value is -3.80. The second kappa shape index (κ2) is 8.86. The van der Waals surface area contributed by atoms with Gasteiger partial charge in [0, 0.05) is 17.8 Å². The number of aromatic nitrogens is 3. The molecule has 1 aliphatic rings. The SMILES string of the molecule is CCc1nn(-c2ccccc2)c2c1CN(C(=O)NC(C)C)[C@H](c1ccc(C)cc1)c1cccn1-2. The maximum absolute atomic E-state index is 13.6. The predicted octanol–water partition coefficient (Wildman–Crippen LogP) is 5.56. The summed E-state index contributed by atoms with van der Waals surface area (Å²) in [6.07, 6.45) is 2.87. The largest absolute Gasteiger partial charge is 0.336 e. The Kier molecular flexibility index (Phi) is 5.74. The zero-order valence-electron chi connectivity index (χ0n) is 20.2. The average molecular weight is 454 g/mol. The van der Waals surface area contributed by atoms with Crippen molar-refractivity contribution in [1.29, 1.82) is 0 Å². The van der Waals surface area contributed by atoms with Gasteiger partial charge in [-0.2, -0.15) is 5.10 Å². The van der Waals surface area contributed by atoms with Crippen molar-refractivity contribution in [1.82, 2.24) is 24.6 Å². The van der Waals surface area contributed by atoms with Crippen LogP contribution in [0.5, 0.6) is 0 Å². The second-order valence-electron chi connectivity index (χ2n) is 9.20. The van der Waals surface area contributed by atoms with E-state index in [1.807, 2.05) is 41.6 Å². The lowest BCUT2D eigenvalue weighted by Crippen LogP contribution is -2.44. The standard InChI is InChI=1S/C28H31N5O/c1-5-24-23-18-32(28(34)29-19(2)3)26(21-15-13-20(4)14-16-21)25-12-9-17-31(25)27(23)33(30-24)22-10-7-6-8-11-22/h6-17,19,26H,5,18H2,1-4H3,(H,29,34)/t26-/m1/s1. The molecule has 34 heavy (non-hydrogen) atoms. The number of carbonyl (C=O) groups excluding carboxylic acids is 1. The van der Waals surface area contributed by atoms with Crippen LogP contribution in [0.1, 0.15) is 54.9 Å². The van der Waals surface area contributed by atoms with E-state index in [-0.39, 0.29) is 18.1 Å². The van der Waals surface area contributed by atoms with Crippen LogP contribution in [0.25, 0.3) is 11.5 Å². The highest BCUT2D eigenvalue weighted by molar-refractivity contribution is 5.76. The normalized spacial score (nSPS) is 15.1. The Bertz CT molecular complexity index is 1300. The first-order valence-corrected chi connectivity index (χ1v) is 12.0. The van der Waals surface area contributed by atoms with Crippen molar-refractivity contribution in [2.75, 3.05) is 0 Å². The Labute approximate surface area is 200 Å². The van der Waals surface area contributed by atoms with Crippen molar-refractivity contribution in [3.8, 4) is 11.5 Å². The van der Waals surface area contributed by atoms with E-state index in [0.29, 0.717) is 6.54 Å². The quantitative estimate of drug-likeness (QED) is 0.440. The van der Waals surface area contributed by atoms with E-state index in [2.05, 4.69) is 78.5 Å². The molecule has 0 bridgehead atoms. The molecule has 1 atom stereocenters. The molecule has 0 fully saturated rings. The van der Waals surface area contributed by atoms with E-state index in [4.69, 9.17) is 5.10 Å². The molecular weight excluding hydrogens is 422 g/mol. The summed E-state index contributed by atoms with van der Waals surface area (Å²) in [7, 11) is 0. The topological polar surface area (TPSA) is 55.1 Å². The van der Waals surface area contributed by atoms with Gasteiger partial charge in [0.05, 0.1) is 29.7 Å². The molecule has 4 aromatic rings. The third kappa shape index (κ3) is 3.79. The predicted molar refractivity (Wildman–Crippen MR) is 135 cm³/mol. The number of carbonyl (C=O) groups is 1. The molecule has 2 aromatic heterocycles. The molecule has 0 radical (unpaired) electrons. The fraction of sp³-hybridized carbons (Fsp3) is 0.286. The molecule has 0 unspecified atom stereocenters. The molecular formula is C28H31N5O. The smallest absolute Gasteiger partial charge is 0.318 e. The first-order chi connectivity index (χ1) is 16.5. The first kappa shape index (κ1) is 22.0. The summed E-state index contributed by atoms with van der Waals surface area (Å²) in [5.74, 6) is 1.00. The van der Waals surface area contributed by atoms with E-state index < -0.39 is 0 Å². The van der Waals surface area contributed by atoms with Crippen LogP contribution in [0.4, 0.5) is 4.79 Å². The lowest BCUT2D eigenvalue weighted by atomic mass is 10.0. The summed E-state index contributed by atoms with van der Waals surface area (Å²) < 4.78 is 4.23. The minimum atomic E-state index is -0.226. The van der Waals surface area contributed by atoms with Crippen molar-refractivity contribution >= 4 is 6.03 Å². The summed E-state index contributed by atoms with van der Waals surface area (Å²) in [6.45, 7) is 8.67. The fourth-order valence-corrected chi connectivity index (χ4v) is 4.78. The molecule has 0 aliphatic carbocycles. The number of nitrogens with one attached hydrogen (secondary N) is 1. The second-order valence-corrected chi connectivity index (χ2v) is 9.20. The Morgan fingerprint density at radius 1 is 1.06 bits per heavy atom. The van der Waals surface area contributed by atoms with Crippen molar-refractivity contribution in [2.45, 2.75) is 52.7 Å². The zero-order valence-corrected chi connectivity index (χ0v) is 20.2. The fourth-order valence-electron chi connectivity index (χ4n) is 4.78. The summed E-state index contributed by atoms with van der Waals surface area (Å²) >= 11 is 0. The number of benzene rings is 2. The summed E-state index contributed by atoms with van der Waals surface area (Å²) in [5, 5.41) is 8.13. The maximum Gasteiger partial charge on any atom is 0.318 e. The monoisotopic (exact) mass is 453 g/mol. The van der Waals surface area contributed by atoms with E-state index in [9.17, 15) is 4.79 Å². The molecule has 3 heterocycles. The van der Waals surface area contributed by atoms with E-state index in [0.717, 1.165) is 40.4 Å². The molecule has 6 heteroatoms. The van der Waals surface area contributed by atoms with Gasteiger partial charge in [-0.25, -0.2) is 9.48 Å². The van der Waals surface area contributed by atoms with Gasteiger partial charge in [0.15, 0.2) is 0 Å². The first-order valence-electron chi connectivity index (χ1n) is 12.0. The van der Waals surface area contributed by atoms with Crippen LogP contribution in [0.2, 0.25) is 0 Å². The van der Waals surface area contributed by atoms with Crippen LogP contribution in [0, 0.1) is 6.92 Å². The number of hydrogen-bond acceptors (Lipinski definition) is 2. The Balaban J connectivity index is 1.76. The Morgan fingerprint density at radius 3 is 2.47 bits per heavy atom. The van der Waals surface area contributed by atoms with Gasteiger partial charge in [-0.05, 0) is 57.0 Å². The molecule has 1 aliphatic heterocycles. The van der Waals surface area contributed by atoms with E-state index >= 15 is 0 Å². The van der Waals surface area contributed by atoms with Crippen LogP contribution in [-0.2, 0) is 13.0 Å². The summed E-state index contributed by atoms with van der Waals surface area (Å²) in [5.41, 5.74) is 6.42. The minimum absolute atomic E-state index is 0.0402. The third-order valence-electron chi connectivity index (χ3n) is 6.37. The van der Waals surface area contributed by atoms with Gasteiger partial charge < -0.3 is 14.8 Å². The summed E-state index contributed by atoms with van der Waals surface area (Å²) in [6, 6.07) is 22.6. The highest BCUT2D eigenvalue weighted by Gasteiger charge is 2.36. The number of rotatable bonds is 4. The maximum atomic E-state index is 13.6. The molecule has 6 nitrogen and oxygen atoms in total. The molecule has 5 rings (SSSR count).